The number of benzene rings is 2. The summed E-state index contributed by atoms with van der Waals surface area (Å²) in [5.74, 6) is -0.0141. The predicted octanol–water partition coefficient (Wildman–Crippen LogP) is 4.42. The van der Waals surface area contributed by atoms with E-state index in [1.807, 2.05) is 6.07 Å². The van der Waals surface area contributed by atoms with Crippen LogP contribution in [0.5, 0.6) is 11.5 Å². The summed E-state index contributed by atoms with van der Waals surface area (Å²) in [5, 5.41) is 9.37. The predicted molar refractivity (Wildman–Crippen MR) is 85.8 cm³/mol. The van der Waals surface area contributed by atoms with E-state index in [2.05, 4.69) is 31.9 Å². The molecule has 0 bridgehead atoms. The molecule has 110 valence electrons. The van der Waals surface area contributed by atoms with Gasteiger partial charge in [-0.15, -0.1) is 0 Å². The van der Waals surface area contributed by atoms with Crippen molar-refractivity contribution in [2.45, 2.75) is 6.10 Å². The summed E-state index contributed by atoms with van der Waals surface area (Å²) in [4.78, 5) is 11.4. The van der Waals surface area contributed by atoms with Crippen LogP contribution < -0.4 is 9.47 Å². The normalized spacial score (nSPS) is 11.8. The van der Waals surface area contributed by atoms with Crippen molar-refractivity contribution >= 4 is 37.8 Å². The molecule has 0 amide bonds. The van der Waals surface area contributed by atoms with Gasteiger partial charge in [0.05, 0.1) is 16.1 Å². The summed E-state index contributed by atoms with van der Waals surface area (Å²) >= 11 is 6.70. The molecule has 21 heavy (non-hydrogen) atoms. The van der Waals surface area contributed by atoms with Crippen LogP contribution >= 0.6 is 31.9 Å². The maximum atomic E-state index is 11.4. The van der Waals surface area contributed by atoms with Gasteiger partial charge in [0.25, 0.3) is 0 Å². The molecule has 6 heteroatoms. The minimum atomic E-state index is -1.08. The number of carboxylic acid groups (broad SMARTS) is 1. The van der Waals surface area contributed by atoms with E-state index in [1.54, 1.807) is 43.5 Å². The van der Waals surface area contributed by atoms with Crippen LogP contribution in [-0.2, 0) is 4.79 Å². The number of ether oxygens (including phenoxy) is 2. The van der Waals surface area contributed by atoms with E-state index in [0.717, 1.165) is 0 Å². The molecule has 0 spiro atoms. The minimum absolute atomic E-state index is 0.416. The van der Waals surface area contributed by atoms with Crippen LogP contribution in [0.15, 0.2) is 51.4 Å². The maximum Gasteiger partial charge on any atom is 0.349 e. The first-order chi connectivity index (χ1) is 10.0. The molecule has 1 N–H and O–H groups in total. The smallest absolute Gasteiger partial charge is 0.349 e. The Bertz CT molecular complexity index is 644. The van der Waals surface area contributed by atoms with Crippen LogP contribution in [0.2, 0.25) is 0 Å². The third-order valence-electron chi connectivity index (χ3n) is 2.78. The summed E-state index contributed by atoms with van der Waals surface area (Å²) in [6.07, 6.45) is -1.08. The van der Waals surface area contributed by atoms with Gasteiger partial charge in [-0.3, -0.25) is 0 Å². The van der Waals surface area contributed by atoms with Crippen molar-refractivity contribution in [3.8, 4) is 11.5 Å². The summed E-state index contributed by atoms with van der Waals surface area (Å²) in [7, 11) is 1.55. The number of hydrogen-bond donors (Lipinski definition) is 1. The van der Waals surface area contributed by atoms with Crippen molar-refractivity contribution in [3.05, 3.63) is 57.0 Å². The Kier molecular flexibility index (Phi) is 5.25. The largest absolute Gasteiger partial charge is 0.496 e. The first-order valence-corrected chi connectivity index (χ1v) is 7.59. The number of halogens is 2. The lowest BCUT2D eigenvalue weighted by atomic mass is 10.1. The van der Waals surface area contributed by atoms with Crippen LogP contribution in [0.1, 0.15) is 11.7 Å². The van der Waals surface area contributed by atoms with Gasteiger partial charge >= 0.3 is 5.97 Å². The van der Waals surface area contributed by atoms with Crippen LogP contribution in [0.4, 0.5) is 0 Å². The number of carbonyl (C=O) groups is 1. The lowest BCUT2D eigenvalue weighted by Crippen LogP contribution is -2.18. The molecule has 0 aliphatic rings. The highest BCUT2D eigenvalue weighted by Gasteiger charge is 2.23. The second-order valence-corrected chi connectivity index (χ2v) is 5.87. The SMILES string of the molecule is COc1cc(Br)c(OC(C(=O)O)c2ccccc2)cc1Br. The molecular formula is C15H12Br2O4. The maximum absolute atomic E-state index is 11.4. The Hall–Kier alpha value is -1.53. The van der Waals surface area contributed by atoms with Gasteiger partial charge in [0.15, 0.2) is 0 Å². The molecule has 0 fully saturated rings. The van der Waals surface area contributed by atoms with Gasteiger partial charge in [-0.1, -0.05) is 30.3 Å². The zero-order chi connectivity index (χ0) is 15.4. The van der Waals surface area contributed by atoms with Crippen LogP contribution in [0.25, 0.3) is 0 Å². The first kappa shape index (κ1) is 15.9. The fraction of sp³-hybridized carbons (Fsp3) is 0.133. The molecule has 4 nitrogen and oxygen atoms in total. The summed E-state index contributed by atoms with van der Waals surface area (Å²) in [6, 6.07) is 12.2. The second kappa shape index (κ2) is 6.95. The van der Waals surface area contributed by atoms with Gasteiger partial charge in [0, 0.05) is 5.56 Å². The topological polar surface area (TPSA) is 55.8 Å². The van der Waals surface area contributed by atoms with Crippen molar-refractivity contribution in [2.75, 3.05) is 7.11 Å². The Labute approximate surface area is 139 Å². The number of carboxylic acids is 1. The molecule has 2 aromatic rings. The van der Waals surface area contributed by atoms with E-state index in [9.17, 15) is 9.90 Å². The zero-order valence-electron chi connectivity index (χ0n) is 11.0. The Morgan fingerprint density at radius 1 is 1.10 bits per heavy atom. The van der Waals surface area contributed by atoms with Gasteiger partial charge in [-0.05, 0) is 44.0 Å². The average molecular weight is 416 g/mol. The third-order valence-corrected chi connectivity index (χ3v) is 4.02. The van der Waals surface area contributed by atoms with Gasteiger partial charge < -0.3 is 14.6 Å². The molecule has 0 aliphatic carbocycles. The average Bonchev–Trinajstić information content (AvgIpc) is 2.48. The van der Waals surface area contributed by atoms with Crippen molar-refractivity contribution in [1.82, 2.24) is 0 Å². The third kappa shape index (κ3) is 3.77. The molecule has 0 aromatic heterocycles. The highest BCUT2D eigenvalue weighted by Crippen LogP contribution is 2.38. The molecule has 0 saturated carbocycles. The van der Waals surface area contributed by atoms with E-state index in [0.29, 0.717) is 26.0 Å². The molecule has 0 saturated heterocycles. The van der Waals surface area contributed by atoms with Crippen LogP contribution in [0.3, 0.4) is 0 Å². The number of methoxy groups -OCH3 is 1. The standard InChI is InChI=1S/C15H12Br2O4/c1-20-12-7-11(17)13(8-10(12)16)21-14(15(18)19)9-5-3-2-4-6-9/h2-8,14H,1H3,(H,18,19). The molecule has 1 atom stereocenters. The monoisotopic (exact) mass is 414 g/mol. The fourth-order valence-electron chi connectivity index (χ4n) is 1.77. The van der Waals surface area contributed by atoms with E-state index >= 15 is 0 Å². The van der Waals surface area contributed by atoms with E-state index in [1.165, 1.54) is 0 Å². The summed E-state index contributed by atoms with van der Waals surface area (Å²) in [5.41, 5.74) is 0.573. The Morgan fingerprint density at radius 2 is 1.67 bits per heavy atom. The minimum Gasteiger partial charge on any atom is -0.496 e. The molecular weight excluding hydrogens is 404 g/mol. The van der Waals surface area contributed by atoms with Gasteiger partial charge in [0.1, 0.15) is 11.5 Å². The Balaban J connectivity index is 2.34. The zero-order valence-corrected chi connectivity index (χ0v) is 14.2. The molecule has 0 radical (unpaired) electrons. The fourth-order valence-corrected chi connectivity index (χ4v) is 2.67. The van der Waals surface area contributed by atoms with Gasteiger partial charge in [0.2, 0.25) is 6.10 Å². The number of rotatable bonds is 5. The van der Waals surface area contributed by atoms with Gasteiger partial charge in [-0.2, -0.15) is 0 Å². The summed E-state index contributed by atoms with van der Waals surface area (Å²) < 4.78 is 12.1. The van der Waals surface area contributed by atoms with Gasteiger partial charge in [-0.25, -0.2) is 4.79 Å². The molecule has 1 unspecified atom stereocenters. The van der Waals surface area contributed by atoms with Crippen molar-refractivity contribution < 1.29 is 19.4 Å². The van der Waals surface area contributed by atoms with E-state index in [-0.39, 0.29) is 0 Å². The highest BCUT2D eigenvalue weighted by atomic mass is 79.9. The van der Waals surface area contributed by atoms with E-state index < -0.39 is 12.1 Å². The molecule has 0 heterocycles. The second-order valence-electron chi connectivity index (χ2n) is 4.16. The van der Waals surface area contributed by atoms with Crippen LogP contribution in [0, 0.1) is 0 Å². The van der Waals surface area contributed by atoms with Crippen molar-refractivity contribution in [1.29, 1.82) is 0 Å². The first-order valence-electron chi connectivity index (χ1n) is 6.00. The van der Waals surface area contributed by atoms with Crippen molar-refractivity contribution in [2.24, 2.45) is 0 Å². The highest BCUT2D eigenvalue weighted by molar-refractivity contribution is 9.11. The number of aliphatic carboxylic acids is 1. The number of hydrogen-bond acceptors (Lipinski definition) is 3. The molecule has 2 rings (SSSR count). The summed E-state index contributed by atoms with van der Waals surface area (Å²) in [6.45, 7) is 0. The van der Waals surface area contributed by atoms with Crippen molar-refractivity contribution in [3.63, 3.8) is 0 Å². The van der Waals surface area contributed by atoms with E-state index in [4.69, 9.17) is 9.47 Å². The Morgan fingerprint density at radius 3 is 2.24 bits per heavy atom. The molecule has 2 aromatic carbocycles. The van der Waals surface area contributed by atoms with Crippen LogP contribution in [-0.4, -0.2) is 18.2 Å². The lowest BCUT2D eigenvalue weighted by Gasteiger charge is -2.17. The quantitative estimate of drug-likeness (QED) is 0.784. The lowest BCUT2D eigenvalue weighted by molar-refractivity contribution is -0.145. The molecule has 0 aliphatic heterocycles.